The quantitative estimate of drug-likeness (QED) is 0.914. The van der Waals surface area contributed by atoms with Crippen molar-refractivity contribution in [3.05, 3.63) is 29.5 Å². The molecule has 1 unspecified atom stereocenters. The summed E-state index contributed by atoms with van der Waals surface area (Å²) in [5, 5.41) is 4.95. The second kappa shape index (κ2) is 4.89. The fraction of sp³-hybridized carbons (Fsp3) is 0.500. The smallest absolute Gasteiger partial charge is 0.119 e. The average Bonchev–Trinajstić information content (AvgIpc) is 2.75. The van der Waals surface area contributed by atoms with Crippen LogP contribution in [0.25, 0.3) is 10.9 Å². The van der Waals surface area contributed by atoms with Crippen LogP contribution in [0, 0.1) is 0 Å². The molecule has 0 amide bonds. The predicted molar refractivity (Wildman–Crippen MR) is 78.9 cm³/mol. The van der Waals surface area contributed by atoms with Gasteiger partial charge in [-0.3, -0.25) is 0 Å². The largest absolute Gasteiger partial charge is 0.497 e. The van der Waals surface area contributed by atoms with Crippen molar-refractivity contribution in [3.63, 3.8) is 0 Å². The summed E-state index contributed by atoms with van der Waals surface area (Å²) in [6.45, 7) is 6.66. The van der Waals surface area contributed by atoms with E-state index in [1.54, 1.807) is 7.11 Å². The van der Waals surface area contributed by atoms with Crippen LogP contribution in [0.4, 0.5) is 0 Å². The number of hydrogen-bond donors (Lipinski definition) is 1. The van der Waals surface area contributed by atoms with Crippen LogP contribution in [0.2, 0.25) is 0 Å². The first-order valence-electron chi connectivity index (χ1n) is 7.18. The number of nitrogens with zero attached hydrogens (tertiary/aromatic N) is 1. The first-order valence-corrected chi connectivity index (χ1v) is 7.18. The van der Waals surface area contributed by atoms with E-state index in [4.69, 9.17) is 4.74 Å². The molecule has 1 aromatic carbocycles. The van der Waals surface area contributed by atoms with Crippen molar-refractivity contribution in [1.82, 2.24) is 9.88 Å². The number of nitrogens with one attached hydrogen (secondary N) is 1. The molecule has 0 bridgehead atoms. The number of rotatable bonds is 3. The lowest BCUT2D eigenvalue weighted by molar-refractivity contribution is 0.415. The van der Waals surface area contributed by atoms with E-state index in [1.165, 1.54) is 22.2 Å². The Hall–Kier alpha value is -1.48. The van der Waals surface area contributed by atoms with E-state index in [0.717, 1.165) is 31.7 Å². The van der Waals surface area contributed by atoms with Gasteiger partial charge >= 0.3 is 0 Å². The number of fused-ring (bicyclic) bond motifs is 3. The molecule has 1 aliphatic rings. The molecular weight excluding hydrogens is 236 g/mol. The van der Waals surface area contributed by atoms with Crippen LogP contribution in [0.3, 0.4) is 0 Å². The monoisotopic (exact) mass is 258 g/mol. The van der Waals surface area contributed by atoms with Crippen molar-refractivity contribution >= 4 is 10.9 Å². The standard InChI is InChI=1S/C16H22N2O/c1-4-9-18-15-6-5-12(19-3)10-14(15)13-7-8-17-11(2)16(13)18/h5-6,10-11,17H,4,7-9H2,1-3H3. The van der Waals surface area contributed by atoms with Crippen LogP contribution in [0.5, 0.6) is 5.75 Å². The van der Waals surface area contributed by atoms with Crippen molar-refractivity contribution in [2.24, 2.45) is 0 Å². The normalized spacial score (nSPS) is 18.6. The number of methoxy groups -OCH3 is 1. The first kappa shape index (κ1) is 12.5. The molecule has 3 heteroatoms. The maximum Gasteiger partial charge on any atom is 0.119 e. The molecule has 0 aliphatic carbocycles. The summed E-state index contributed by atoms with van der Waals surface area (Å²) in [4.78, 5) is 0. The molecule has 1 N–H and O–H groups in total. The maximum atomic E-state index is 5.38. The molecule has 102 valence electrons. The van der Waals surface area contributed by atoms with Gasteiger partial charge in [0.05, 0.1) is 7.11 Å². The Labute approximate surface area is 114 Å². The van der Waals surface area contributed by atoms with E-state index < -0.39 is 0 Å². The molecule has 3 rings (SSSR count). The zero-order valence-electron chi connectivity index (χ0n) is 12.0. The number of ether oxygens (including phenoxy) is 1. The number of hydrogen-bond acceptors (Lipinski definition) is 2. The molecule has 0 fully saturated rings. The molecule has 1 atom stereocenters. The summed E-state index contributed by atoms with van der Waals surface area (Å²) in [5.41, 5.74) is 4.33. The molecule has 2 aromatic rings. The minimum atomic E-state index is 0.439. The fourth-order valence-electron chi connectivity index (χ4n) is 3.28. The summed E-state index contributed by atoms with van der Waals surface area (Å²) >= 11 is 0. The van der Waals surface area contributed by atoms with Crippen LogP contribution in [0.1, 0.15) is 37.6 Å². The molecular formula is C16H22N2O. The lowest BCUT2D eigenvalue weighted by Crippen LogP contribution is -2.29. The van der Waals surface area contributed by atoms with E-state index in [0.29, 0.717) is 6.04 Å². The van der Waals surface area contributed by atoms with Crippen molar-refractivity contribution in [2.45, 2.75) is 39.3 Å². The van der Waals surface area contributed by atoms with Gasteiger partial charge in [0.1, 0.15) is 5.75 Å². The maximum absolute atomic E-state index is 5.38. The Morgan fingerprint density at radius 3 is 3.00 bits per heavy atom. The molecule has 0 spiro atoms. The molecule has 1 aromatic heterocycles. The predicted octanol–water partition coefficient (Wildman–Crippen LogP) is 3.27. The Balaban J connectivity index is 2.28. The summed E-state index contributed by atoms with van der Waals surface area (Å²) in [5.74, 6) is 0.954. The number of benzene rings is 1. The minimum absolute atomic E-state index is 0.439. The third kappa shape index (κ3) is 1.93. The Kier molecular flexibility index (Phi) is 3.23. The van der Waals surface area contributed by atoms with Gasteiger partial charge in [-0.25, -0.2) is 0 Å². The van der Waals surface area contributed by atoms with E-state index >= 15 is 0 Å². The van der Waals surface area contributed by atoms with Crippen molar-refractivity contribution in [3.8, 4) is 5.75 Å². The number of aryl methyl sites for hydroxylation is 1. The molecule has 0 saturated carbocycles. The second-order valence-electron chi connectivity index (χ2n) is 5.32. The van der Waals surface area contributed by atoms with E-state index in [-0.39, 0.29) is 0 Å². The Bertz CT molecular complexity index is 600. The van der Waals surface area contributed by atoms with Crippen LogP contribution in [0.15, 0.2) is 18.2 Å². The second-order valence-corrected chi connectivity index (χ2v) is 5.32. The van der Waals surface area contributed by atoms with Crippen LogP contribution < -0.4 is 10.1 Å². The minimum Gasteiger partial charge on any atom is -0.497 e. The van der Waals surface area contributed by atoms with Gasteiger partial charge in [0, 0.05) is 29.2 Å². The summed E-state index contributed by atoms with van der Waals surface area (Å²) in [6.07, 6.45) is 2.27. The zero-order valence-corrected chi connectivity index (χ0v) is 12.0. The van der Waals surface area contributed by atoms with Crippen molar-refractivity contribution in [1.29, 1.82) is 0 Å². The van der Waals surface area contributed by atoms with Gasteiger partial charge in [-0.05, 0) is 50.1 Å². The lowest BCUT2D eigenvalue weighted by Gasteiger charge is -2.23. The van der Waals surface area contributed by atoms with E-state index in [9.17, 15) is 0 Å². The van der Waals surface area contributed by atoms with E-state index in [2.05, 4.69) is 41.9 Å². The van der Waals surface area contributed by atoms with Gasteiger partial charge in [-0.1, -0.05) is 6.92 Å². The molecule has 0 saturated heterocycles. The topological polar surface area (TPSA) is 26.2 Å². The summed E-state index contributed by atoms with van der Waals surface area (Å²) in [6, 6.07) is 6.90. The van der Waals surface area contributed by atoms with Crippen molar-refractivity contribution < 1.29 is 4.74 Å². The van der Waals surface area contributed by atoms with Gasteiger partial charge in [-0.2, -0.15) is 0 Å². The molecule has 19 heavy (non-hydrogen) atoms. The van der Waals surface area contributed by atoms with Gasteiger partial charge in [-0.15, -0.1) is 0 Å². The summed E-state index contributed by atoms with van der Waals surface area (Å²) < 4.78 is 7.87. The van der Waals surface area contributed by atoms with Crippen LogP contribution in [-0.4, -0.2) is 18.2 Å². The van der Waals surface area contributed by atoms with E-state index in [1.807, 2.05) is 0 Å². The van der Waals surface area contributed by atoms with Gasteiger partial charge < -0.3 is 14.6 Å². The molecule has 0 radical (unpaired) electrons. The highest BCUT2D eigenvalue weighted by Gasteiger charge is 2.24. The van der Waals surface area contributed by atoms with Crippen molar-refractivity contribution in [2.75, 3.05) is 13.7 Å². The molecule has 2 heterocycles. The molecule has 1 aliphatic heterocycles. The first-order chi connectivity index (χ1) is 9.26. The highest BCUT2D eigenvalue weighted by molar-refractivity contribution is 5.87. The van der Waals surface area contributed by atoms with Gasteiger partial charge in [0.25, 0.3) is 0 Å². The Morgan fingerprint density at radius 2 is 2.26 bits per heavy atom. The SMILES string of the molecule is CCCn1c2c(c3cc(OC)ccc31)CCNC2C. The summed E-state index contributed by atoms with van der Waals surface area (Å²) in [7, 11) is 1.74. The third-order valence-corrected chi connectivity index (χ3v) is 4.10. The molecule has 3 nitrogen and oxygen atoms in total. The van der Waals surface area contributed by atoms with Gasteiger partial charge in [0.2, 0.25) is 0 Å². The zero-order chi connectivity index (χ0) is 13.4. The van der Waals surface area contributed by atoms with Crippen LogP contribution in [-0.2, 0) is 13.0 Å². The average molecular weight is 258 g/mol. The van der Waals surface area contributed by atoms with Crippen LogP contribution >= 0.6 is 0 Å². The van der Waals surface area contributed by atoms with Gasteiger partial charge in [0.15, 0.2) is 0 Å². The number of aromatic nitrogens is 1. The highest BCUT2D eigenvalue weighted by Crippen LogP contribution is 2.35. The third-order valence-electron chi connectivity index (χ3n) is 4.10. The Morgan fingerprint density at radius 1 is 1.42 bits per heavy atom. The lowest BCUT2D eigenvalue weighted by atomic mass is 10.00. The highest BCUT2D eigenvalue weighted by atomic mass is 16.5. The fourth-order valence-corrected chi connectivity index (χ4v) is 3.28.